The standard InChI is InChI=1S/C29H40N4O3S2.C2HF3O2/c1-5-38(35,36)33-11-8-19(9-12-33)25-16-31-27-23(25)14-20(15-24(27)28(30)34)21-13-22(37-18-21)17-32-10-6-7-26(32)29(2,3)4;3-2(4,5)1(6)7/h13-16,18-19,26,31H,5-12,17H2,1-4H3,(H2,30,34);(H,6,7). The zero-order valence-electron chi connectivity index (χ0n) is 25.9. The molecule has 0 aliphatic carbocycles. The van der Waals surface area contributed by atoms with Crippen LogP contribution in [0.15, 0.2) is 29.8 Å². The van der Waals surface area contributed by atoms with Crippen molar-refractivity contribution in [3.8, 4) is 11.1 Å². The van der Waals surface area contributed by atoms with Crippen molar-refractivity contribution >= 4 is 44.1 Å². The molecule has 0 radical (unpaired) electrons. The summed E-state index contributed by atoms with van der Waals surface area (Å²) >= 11 is 1.77. The fraction of sp³-hybridized carbons (Fsp3) is 0.548. The molecule has 0 bridgehead atoms. The fourth-order valence-electron chi connectivity index (χ4n) is 6.39. The lowest BCUT2D eigenvalue weighted by molar-refractivity contribution is -0.192. The summed E-state index contributed by atoms with van der Waals surface area (Å²) in [6, 6.07) is 6.92. The number of aromatic amines is 1. The first-order valence-corrected chi connectivity index (χ1v) is 17.5. The Labute approximate surface area is 265 Å². The Morgan fingerprint density at radius 3 is 2.27 bits per heavy atom. The Balaban J connectivity index is 0.000000591. The van der Waals surface area contributed by atoms with E-state index in [1.807, 2.05) is 12.3 Å². The third-order valence-corrected chi connectivity index (χ3v) is 11.5. The zero-order valence-corrected chi connectivity index (χ0v) is 27.5. The molecular weight excluding hydrogens is 629 g/mol. The Morgan fingerprint density at radius 2 is 1.71 bits per heavy atom. The van der Waals surface area contributed by atoms with Crippen molar-refractivity contribution in [3.05, 3.63) is 45.8 Å². The van der Waals surface area contributed by atoms with Crippen LogP contribution in [0.5, 0.6) is 0 Å². The maximum absolute atomic E-state index is 12.5. The quantitative estimate of drug-likeness (QED) is 0.275. The number of H-pyrrole nitrogens is 1. The van der Waals surface area contributed by atoms with E-state index in [1.54, 1.807) is 22.6 Å². The van der Waals surface area contributed by atoms with Crippen LogP contribution in [0.2, 0.25) is 0 Å². The summed E-state index contributed by atoms with van der Waals surface area (Å²) in [5.41, 5.74) is 10.6. The van der Waals surface area contributed by atoms with Gasteiger partial charge in [-0.3, -0.25) is 9.69 Å². The summed E-state index contributed by atoms with van der Waals surface area (Å²) in [7, 11) is -3.17. The predicted octanol–water partition coefficient (Wildman–Crippen LogP) is 6.17. The van der Waals surface area contributed by atoms with E-state index in [9.17, 15) is 26.4 Å². The van der Waals surface area contributed by atoms with Gasteiger partial charge in [0.1, 0.15) is 0 Å². The van der Waals surface area contributed by atoms with E-state index in [4.69, 9.17) is 15.6 Å². The molecule has 1 unspecified atom stereocenters. The number of hydrogen-bond donors (Lipinski definition) is 3. The number of benzene rings is 1. The van der Waals surface area contributed by atoms with Crippen LogP contribution in [0, 0.1) is 5.41 Å². The second-order valence-electron chi connectivity index (χ2n) is 12.7. The maximum atomic E-state index is 12.5. The fourth-order valence-corrected chi connectivity index (χ4v) is 8.44. The minimum absolute atomic E-state index is 0.132. The number of carboxylic acid groups (broad SMARTS) is 1. The second-order valence-corrected chi connectivity index (χ2v) is 16.0. The van der Waals surface area contributed by atoms with Gasteiger partial charge in [-0.05, 0) is 90.8 Å². The molecule has 45 heavy (non-hydrogen) atoms. The molecule has 2 aliphatic rings. The number of alkyl halides is 3. The first-order valence-electron chi connectivity index (χ1n) is 15.0. The highest BCUT2D eigenvalue weighted by Gasteiger charge is 2.38. The van der Waals surface area contributed by atoms with Crippen molar-refractivity contribution in [1.29, 1.82) is 0 Å². The van der Waals surface area contributed by atoms with Gasteiger partial charge in [0.05, 0.1) is 16.8 Å². The van der Waals surface area contributed by atoms with Crippen molar-refractivity contribution < 1.29 is 36.3 Å². The van der Waals surface area contributed by atoms with Crippen molar-refractivity contribution in [1.82, 2.24) is 14.2 Å². The Bertz CT molecular complexity index is 1630. The number of amides is 1. The number of hydrogen-bond acceptors (Lipinski definition) is 6. The van der Waals surface area contributed by atoms with Crippen molar-refractivity contribution in [2.45, 2.75) is 78.1 Å². The lowest BCUT2D eigenvalue weighted by Gasteiger charge is -2.34. The number of aromatic nitrogens is 1. The summed E-state index contributed by atoms with van der Waals surface area (Å²) in [6.07, 6.45) is 0.915. The van der Waals surface area contributed by atoms with Gasteiger partial charge in [0.2, 0.25) is 10.0 Å². The molecule has 1 amide bonds. The van der Waals surface area contributed by atoms with Gasteiger partial charge in [-0.25, -0.2) is 17.5 Å². The van der Waals surface area contributed by atoms with Crippen LogP contribution in [0.1, 0.15) is 80.1 Å². The first-order chi connectivity index (χ1) is 20.9. The number of nitrogens with two attached hydrogens (primary N) is 1. The van der Waals surface area contributed by atoms with Gasteiger partial charge in [-0.1, -0.05) is 20.8 Å². The largest absolute Gasteiger partial charge is 0.490 e. The number of nitrogens with one attached hydrogen (secondary N) is 1. The summed E-state index contributed by atoms with van der Waals surface area (Å²) in [5, 5.41) is 10.3. The Morgan fingerprint density at radius 1 is 1.07 bits per heavy atom. The van der Waals surface area contributed by atoms with Crippen LogP contribution in [0.25, 0.3) is 22.0 Å². The van der Waals surface area contributed by atoms with E-state index in [2.05, 4.69) is 48.2 Å². The molecular formula is C31H41F3N4O5S2. The van der Waals surface area contributed by atoms with Gasteiger partial charge >= 0.3 is 12.1 Å². The Kier molecular flexibility index (Phi) is 10.4. The van der Waals surface area contributed by atoms with Crippen LogP contribution >= 0.6 is 11.3 Å². The van der Waals surface area contributed by atoms with E-state index in [1.165, 1.54) is 17.7 Å². The number of halogens is 3. The summed E-state index contributed by atoms with van der Waals surface area (Å²) in [4.78, 5) is 28.6. The average molecular weight is 671 g/mol. The smallest absolute Gasteiger partial charge is 0.475 e. The lowest BCUT2D eigenvalue weighted by Crippen LogP contribution is -2.38. The number of sulfonamides is 1. The minimum atomic E-state index is -5.08. The predicted molar refractivity (Wildman–Crippen MR) is 170 cm³/mol. The summed E-state index contributed by atoms with van der Waals surface area (Å²) < 4.78 is 58.0. The number of aliphatic carboxylic acids is 1. The molecule has 4 N–H and O–H groups in total. The number of primary amides is 1. The first kappa shape index (κ1) is 34.9. The normalized spacial score (nSPS) is 19.0. The number of carbonyl (C=O) groups is 2. The molecule has 3 aromatic rings. The molecule has 1 atom stereocenters. The summed E-state index contributed by atoms with van der Waals surface area (Å²) in [5.74, 6) is -2.85. The van der Waals surface area contributed by atoms with Gasteiger partial charge in [-0.2, -0.15) is 13.2 Å². The van der Waals surface area contributed by atoms with E-state index in [-0.39, 0.29) is 17.1 Å². The van der Waals surface area contributed by atoms with E-state index >= 15 is 0 Å². The van der Waals surface area contributed by atoms with Crippen molar-refractivity contribution in [2.24, 2.45) is 11.1 Å². The minimum Gasteiger partial charge on any atom is -0.475 e. The number of fused-ring (bicyclic) bond motifs is 1. The highest BCUT2D eigenvalue weighted by atomic mass is 32.2. The van der Waals surface area contributed by atoms with Gasteiger partial charge in [0.25, 0.3) is 5.91 Å². The molecule has 5 rings (SSSR count). The second kappa shape index (κ2) is 13.4. The number of piperidine rings is 1. The van der Waals surface area contributed by atoms with Gasteiger partial charge in [-0.15, -0.1) is 11.3 Å². The molecule has 0 saturated carbocycles. The summed E-state index contributed by atoms with van der Waals surface area (Å²) in [6.45, 7) is 11.8. The number of thiophene rings is 1. The van der Waals surface area contributed by atoms with Crippen molar-refractivity contribution in [2.75, 3.05) is 25.4 Å². The number of likely N-dealkylation sites (tertiary alicyclic amines) is 1. The van der Waals surface area contributed by atoms with Crippen LogP contribution in [0.4, 0.5) is 13.2 Å². The molecule has 2 saturated heterocycles. The molecule has 4 heterocycles. The molecule has 2 fully saturated rings. The number of nitrogens with zero attached hydrogens (tertiary/aromatic N) is 2. The van der Waals surface area contributed by atoms with Gasteiger partial charge < -0.3 is 15.8 Å². The monoisotopic (exact) mass is 670 g/mol. The molecule has 14 heteroatoms. The van der Waals surface area contributed by atoms with Gasteiger partial charge in [0.15, 0.2) is 0 Å². The van der Waals surface area contributed by atoms with E-state index in [0.717, 1.165) is 53.5 Å². The third-order valence-electron chi connectivity index (χ3n) is 8.69. The highest BCUT2D eigenvalue weighted by Crippen LogP contribution is 2.39. The molecule has 0 spiro atoms. The SMILES string of the molecule is CCS(=O)(=O)N1CCC(c2c[nH]c3c(C(N)=O)cc(-c4csc(CN5CCCC5C(C)(C)C)c4)cc23)CC1.O=C(O)C(F)(F)F. The van der Waals surface area contributed by atoms with Crippen LogP contribution in [0.3, 0.4) is 0 Å². The topological polar surface area (TPSA) is 137 Å². The van der Waals surface area contributed by atoms with Crippen LogP contribution in [-0.4, -0.2) is 77.2 Å². The average Bonchev–Trinajstić information content (AvgIpc) is 3.72. The third kappa shape index (κ3) is 8.08. The van der Waals surface area contributed by atoms with Crippen LogP contribution in [-0.2, 0) is 21.4 Å². The van der Waals surface area contributed by atoms with Crippen molar-refractivity contribution in [3.63, 3.8) is 0 Å². The van der Waals surface area contributed by atoms with Gasteiger partial charge in [0, 0.05) is 42.1 Å². The Hall–Kier alpha value is -2.94. The van der Waals surface area contributed by atoms with Crippen LogP contribution < -0.4 is 5.73 Å². The number of rotatable bonds is 7. The maximum Gasteiger partial charge on any atom is 0.490 e. The molecule has 2 aromatic heterocycles. The highest BCUT2D eigenvalue weighted by molar-refractivity contribution is 7.89. The van der Waals surface area contributed by atoms with E-state index < -0.39 is 28.1 Å². The molecule has 248 valence electrons. The lowest BCUT2D eigenvalue weighted by atomic mass is 9.85. The molecule has 2 aliphatic heterocycles. The number of carbonyl (C=O) groups excluding carboxylic acids is 1. The van der Waals surface area contributed by atoms with E-state index in [0.29, 0.717) is 24.7 Å². The molecule has 9 nitrogen and oxygen atoms in total. The zero-order chi connectivity index (χ0) is 33.3. The number of carboxylic acids is 1. The molecule has 1 aromatic carbocycles.